The highest BCUT2D eigenvalue weighted by Gasteiger charge is 2.49. The fraction of sp³-hybridized carbons (Fsp3) is 0.438. The molecule has 96 valence electrons. The Morgan fingerprint density at radius 2 is 2.22 bits per heavy atom. The molecule has 2 heteroatoms. The predicted octanol–water partition coefficient (Wildman–Crippen LogP) is 2.80. The van der Waals surface area contributed by atoms with Crippen LogP contribution in [-0.4, -0.2) is 16.5 Å². The molecule has 0 aromatic heterocycles. The summed E-state index contributed by atoms with van der Waals surface area (Å²) in [6.45, 7) is 7.36. The number of ketones is 1. The zero-order valence-electron chi connectivity index (χ0n) is 11.4. The fourth-order valence-electron chi connectivity index (χ4n) is 2.15. The van der Waals surface area contributed by atoms with Gasteiger partial charge in [-0.15, -0.1) is 6.42 Å². The highest BCUT2D eigenvalue weighted by atomic mass is 16.3. The van der Waals surface area contributed by atoms with Crippen molar-refractivity contribution in [2.45, 2.75) is 39.7 Å². The van der Waals surface area contributed by atoms with Crippen LogP contribution in [0.3, 0.4) is 0 Å². The lowest BCUT2D eigenvalue weighted by Gasteiger charge is -2.42. The van der Waals surface area contributed by atoms with Gasteiger partial charge in [-0.1, -0.05) is 23.6 Å². The van der Waals surface area contributed by atoms with Gasteiger partial charge >= 0.3 is 0 Å². The second-order valence-corrected chi connectivity index (χ2v) is 5.08. The minimum absolute atomic E-state index is 0.0335. The third kappa shape index (κ3) is 2.32. The lowest BCUT2D eigenvalue weighted by atomic mass is 9.64. The van der Waals surface area contributed by atoms with Crippen molar-refractivity contribution in [3.05, 3.63) is 35.5 Å². The quantitative estimate of drug-likeness (QED) is 0.599. The lowest BCUT2D eigenvalue weighted by molar-refractivity contribution is -0.119. The number of hydrogen-bond donors (Lipinski definition) is 1. The van der Waals surface area contributed by atoms with Crippen LogP contribution < -0.4 is 0 Å². The summed E-state index contributed by atoms with van der Waals surface area (Å²) in [6.07, 6.45) is 12.7. The van der Waals surface area contributed by atoms with Crippen molar-refractivity contribution in [2.75, 3.05) is 0 Å². The van der Waals surface area contributed by atoms with Crippen LogP contribution in [0.5, 0.6) is 0 Å². The zero-order valence-corrected chi connectivity index (χ0v) is 11.4. The smallest absolute Gasteiger partial charge is 0.157 e. The Kier molecular flexibility index (Phi) is 3.98. The van der Waals surface area contributed by atoms with E-state index in [-0.39, 0.29) is 12.2 Å². The van der Waals surface area contributed by atoms with Crippen LogP contribution in [0, 0.1) is 17.8 Å². The molecule has 0 spiro atoms. The Morgan fingerprint density at radius 1 is 1.61 bits per heavy atom. The molecular formula is C16H20O2. The topological polar surface area (TPSA) is 37.3 Å². The van der Waals surface area contributed by atoms with Gasteiger partial charge in [0.1, 0.15) is 5.60 Å². The van der Waals surface area contributed by atoms with Crippen LogP contribution in [0.15, 0.2) is 35.5 Å². The highest BCUT2D eigenvalue weighted by Crippen LogP contribution is 2.44. The third-order valence-electron chi connectivity index (χ3n) is 3.71. The van der Waals surface area contributed by atoms with E-state index < -0.39 is 11.0 Å². The molecule has 2 atom stereocenters. The number of carbonyl (C=O) groups is 1. The fourth-order valence-corrected chi connectivity index (χ4v) is 2.15. The number of hydrogen-bond acceptors (Lipinski definition) is 2. The summed E-state index contributed by atoms with van der Waals surface area (Å²) in [7, 11) is 0. The van der Waals surface area contributed by atoms with Gasteiger partial charge in [-0.25, -0.2) is 0 Å². The van der Waals surface area contributed by atoms with E-state index in [1.54, 1.807) is 19.9 Å². The molecule has 1 aliphatic rings. The van der Waals surface area contributed by atoms with Gasteiger partial charge in [-0.05, 0) is 45.4 Å². The largest absolute Gasteiger partial charge is 0.380 e. The second-order valence-electron chi connectivity index (χ2n) is 5.08. The number of terminal acetylenes is 1. The molecular weight excluding hydrogens is 224 g/mol. The van der Waals surface area contributed by atoms with Crippen molar-refractivity contribution < 1.29 is 9.90 Å². The van der Waals surface area contributed by atoms with Gasteiger partial charge in [0.05, 0.1) is 5.41 Å². The van der Waals surface area contributed by atoms with Gasteiger partial charge in [0.25, 0.3) is 0 Å². The van der Waals surface area contributed by atoms with Crippen LogP contribution in [0.2, 0.25) is 0 Å². The van der Waals surface area contributed by atoms with E-state index in [0.717, 1.165) is 5.57 Å². The highest BCUT2D eigenvalue weighted by molar-refractivity contribution is 5.93. The predicted molar refractivity (Wildman–Crippen MR) is 73.8 cm³/mol. The van der Waals surface area contributed by atoms with E-state index in [0.29, 0.717) is 5.57 Å². The molecule has 0 aromatic carbocycles. The summed E-state index contributed by atoms with van der Waals surface area (Å²) in [4.78, 5) is 11.6. The van der Waals surface area contributed by atoms with Crippen LogP contribution in [0.4, 0.5) is 0 Å². The molecule has 0 amide bonds. The minimum atomic E-state index is -1.26. The van der Waals surface area contributed by atoms with Crippen molar-refractivity contribution in [3.8, 4) is 12.3 Å². The van der Waals surface area contributed by atoms with Crippen molar-refractivity contribution in [3.63, 3.8) is 0 Å². The van der Waals surface area contributed by atoms with Gasteiger partial charge in [0.2, 0.25) is 0 Å². The molecule has 0 radical (unpaired) electrons. The van der Waals surface area contributed by atoms with Crippen molar-refractivity contribution in [2.24, 2.45) is 5.41 Å². The second kappa shape index (κ2) is 4.96. The molecule has 0 saturated carbocycles. The average Bonchev–Trinajstić information content (AvgIpc) is 2.33. The Balaban J connectivity index is 3.32. The Morgan fingerprint density at radius 3 is 2.72 bits per heavy atom. The van der Waals surface area contributed by atoms with Crippen LogP contribution >= 0.6 is 0 Å². The van der Waals surface area contributed by atoms with E-state index in [9.17, 15) is 9.90 Å². The van der Waals surface area contributed by atoms with Gasteiger partial charge in [0.15, 0.2) is 5.78 Å². The molecule has 1 aliphatic carbocycles. The van der Waals surface area contributed by atoms with Crippen molar-refractivity contribution in [1.82, 2.24) is 0 Å². The summed E-state index contributed by atoms with van der Waals surface area (Å²) < 4.78 is 0. The van der Waals surface area contributed by atoms with Gasteiger partial charge < -0.3 is 5.11 Å². The van der Waals surface area contributed by atoms with Crippen LogP contribution in [0.25, 0.3) is 0 Å². The monoisotopic (exact) mass is 244 g/mol. The van der Waals surface area contributed by atoms with E-state index in [2.05, 4.69) is 5.92 Å². The number of allylic oxidation sites excluding steroid dienone is 4. The SMILES string of the molecule is C#C[C@@]1(C)CC(=O)C=C(C)[C@]1(O)/C=C/C(C)=C\C. The molecule has 0 bridgehead atoms. The third-order valence-corrected chi connectivity index (χ3v) is 3.71. The van der Waals surface area contributed by atoms with Crippen LogP contribution in [0.1, 0.15) is 34.1 Å². The average molecular weight is 244 g/mol. The molecule has 0 heterocycles. The normalized spacial score (nSPS) is 33.4. The summed E-state index contributed by atoms with van der Waals surface area (Å²) in [6, 6.07) is 0. The maximum absolute atomic E-state index is 11.6. The molecule has 0 aromatic rings. The maximum Gasteiger partial charge on any atom is 0.157 e. The first-order valence-electron chi connectivity index (χ1n) is 6.03. The molecule has 0 unspecified atom stereocenters. The van der Waals surface area contributed by atoms with Gasteiger partial charge in [0, 0.05) is 6.42 Å². The van der Waals surface area contributed by atoms with Gasteiger partial charge in [-0.2, -0.15) is 0 Å². The molecule has 0 saturated heterocycles. The standard InChI is InChI=1S/C16H20O2/c1-6-12(3)8-9-16(18)13(4)10-14(17)11-15(16,5)7-2/h2,6,8-10,18H,11H2,1,3-5H3/b9-8+,12-6-/t15-,16+/m0/s1. The molecule has 1 rings (SSSR count). The van der Waals surface area contributed by atoms with Crippen molar-refractivity contribution in [1.29, 1.82) is 0 Å². The molecule has 0 aliphatic heterocycles. The first kappa shape index (κ1) is 14.5. The Bertz CT molecular complexity index is 488. The minimum Gasteiger partial charge on any atom is -0.380 e. The van der Waals surface area contributed by atoms with Gasteiger partial charge in [-0.3, -0.25) is 4.79 Å². The lowest BCUT2D eigenvalue weighted by Crippen LogP contribution is -2.49. The Hall–Kier alpha value is -1.59. The summed E-state index contributed by atoms with van der Waals surface area (Å²) in [5.41, 5.74) is -0.528. The summed E-state index contributed by atoms with van der Waals surface area (Å²) in [5, 5.41) is 10.8. The molecule has 1 N–H and O–H groups in total. The zero-order chi connectivity index (χ0) is 14.0. The number of rotatable bonds is 2. The molecule has 18 heavy (non-hydrogen) atoms. The molecule has 0 fully saturated rings. The molecule has 2 nitrogen and oxygen atoms in total. The Labute approximate surface area is 109 Å². The summed E-state index contributed by atoms with van der Waals surface area (Å²) in [5.74, 6) is 2.56. The first-order valence-corrected chi connectivity index (χ1v) is 6.03. The maximum atomic E-state index is 11.6. The van der Waals surface area contributed by atoms with E-state index in [1.807, 2.05) is 26.0 Å². The van der Waals surface area contributed by atoms with E-state index in [1.165, 1.54) is 6.08 Å². The van der Waals surface area contributed by atoms with E-state index >= 15 is 0 Å². The van der Waals surface area contributed by atoms with E-state index in [4.69, 9.17) is 6.42 Å². The number of aliphatic hydroxyl groups is 1. The first-order chi connectivity index (χ1) is 8.29. The van der Waals surface area contributed by atoms with Crippen LogP contribution in [-0.2, 0) is 4.79 Å². The van der Waals surface area contributed by atoms with Crippen molar-refractivity contribution >= 4 is 5.78 Å². The number of carbonyl (C=O) groups excluding carboxylic acids is 1. The summed E-state index contributed by atoms with van der Waals surface area (Å²) >= 11 is 0.